The molecular weight excluding hydrogens is 434 g/mol. The van der Waals surface area contributed by atoms with Crippen LogP contribution >= 0.6 is 23.2 Å². The van der Waals surface area contributed by atoms with Gasteiger partial charge in [-0.2, -0.15) is 0 Å². The fourth-order valence-corrected chi connectivity index (χ4v) is 2.61. The molecule has 9 nitrogen and oxygen atoms in total. The summed E-state index contributed by atoms with van der Waals surface area (Å²) in [5.74, 6) is -3.70. The molecule has 0 amide bonds. The molecule has 0 unspecified atom stereocenters. The maximum atomic E-state index is 14.0. The van der Waals surface area contributed by atoms with Crippen molar-refractivity contribution in [3.8, 4) is 0 Å². The van der Waals surface area contributed by atoms with Gasteiger partial charge in [0.2, 0.25) is 0 Å². The average molecular weight is 451 g/mol. The number of hydrogen-bond acceptors (Lipinski definition) is 8. The Balaban J connectivity index is 3.41. The highest BCUT2D eigenvalue weighted by molar-refractivity contribution is 6.39. The number of halogens is 3. The fraction of sp³-hybridized carbons (Fsp3) is 0.353. The molecule has 0 aliphatic rings. The van der Waals surface area contributed by atoms with Crippen molar-refractivity contribution in [2.24, 2.45) is 4.99 Å². The molecule has 0 fully saturated rings. The van der Waals surface area contributed by atoms with Crippen molar-refractivity contribution in [3.05, 3.63) is 43.2 Å². The molecule has 0 aliphatic carbocycles. The van der Waals surface area contributed by atoms with Gasteiger partial charge in [-0.3, -0.25) is 19.9 Å². The maximum Gasteiger partial charge on any atom is 0.343 e. The van der Waals surface area contributed by atoms with Crippen molar-refractivity contribution in [1.29, 1.82) is 0 Å². The minimum absolute atomic E-state index is 0.0604. The molecule has 12 heteroatoms. The van der Waals surface area contributed by atoms with E-state index in [0.29, 0.717) is 6.07 Å². The average Bonchev–Trinajstić information content (AvgIpc) is 2.64. The number of rotatable bonds is 9. The summed E-state index contributed by atoms with van der Waals surface area (Å²) in [5.41, 5.74) is -2.08. The number of ether oxygens (including phenoxy) is 2. The van der Waals surface area contributed by atoms with E-state index >= 15 is 0 Å². The normalized spacial score (nSPS) is 11.9. The van der Waals surface area contributed by atoms with E-state index in [1.54, 1.807) is 6.92 Å². The molecule has 0 saturated heterocycles. The number of benzene rings is 1. The third-order valence-electron chi connectivity index (χ3n) is 3.29. The van der Waals surface area contributed by atoms with Gasteiger partial charge in [0, 0.05) is 18.3 Å². The Kier molecular flexibility index (Phi) is 9.49. The van der Waals surface area contributed by atoms with Crippen molar-refractivity contribution in [1.82, 2.24) is 0 Å². The number of nitro groups is 1. The molecule has 158 valence electrons. The van der Waals surface area contributed by atoms with E-state index in [4.69, 9.17) is 32.7 Å². The van der Waals surface area contributed by atoms with E-state index in [-0.39, 0.29) is 26.2 Å². The molecule has 1 aromatic carbocycles. The summed E-state index contributed by atoms with van der Waals surface area (Å²) < 4.78 is 23.5. The Bertz CT molecular complexity index is 872. The first-order valence-corrected chi connectivity index (χ1v) is 8.99. The SMILES string of the molecule is CCOC(=O)CCN=C/C(C(=O)OCC)=C(/O)c1cc(F)c(Cl)c([N+](=O)[O-])c1Cl. The van der Waals surface area contributed by atoms with Gasteiger partial charge >= 0.3 is 17.6 Å². The lowest BCUT2D eigenvalue weighted by atomic mass is 10.1. The topological polar surface area (TPSA) is 128 Å². The molecule has 0 spiro atoms. The first-order chi connectivity index (χ1) is 13.6. The molecule has 1 rings (SSSR count). The number of hydrogen-bond donors (Lipinski definition) is 1. The zero-order valence-corrected chi connectivity index (χ0v) is 16.9. The van der Waals surface area contributed by atoms with Gasteiger partial charge in [0.15, 0.2) is 5.02 Å². The number of carbonyl (C=O) groups excluding carboxylic acids is 2. The second kappa shape index (κ2) is 11.3. The fourth-order valence-electron chi connectivity index (χ4n) is 2.03. The Morgan fingerprint density at radius 3 is 2.45 bits per heavy atom. The summed E-state index contributed by atoms with van der Waals surface area (Å²) in [6.07, 6.45) is 0.796. The number of nitro benzene ring substituents is 1. The summed E-state index contributed by atoms with van der Waals surface area (Å²) in [6, 6.07) is 0.638. The van der Waals surface area contributed by atoms with Gasteiger partial charge < -0.3 is 14.6 Å². The lowest BCUT2D eigenvalue weighted by Gasteiger charge is -2.10. The van der Waals surface area contributed by atoms with E-state index in [1.165, 1.54) is 6.92 Å². The first-order valence-electron chi connectivity index (χ1n) is 8.23. The molecule has 0 aromatic heterocycles. The van der Waals surface area contributed by atoms with Crippen molar-refractivity contribution in [2.45, 2.75) is 20.3 Å². The Morgan fingerprint density at radius 1 is 1.28 bits per heavy atom. The van der Waals surface area contributed by atoms with Crippen LogP contribution in [0.5, 0.6) is 0 Å². The molecule has 0 atom stereocenters. The molecule has 1 aromatic rings. The van der Waals surface area contributed by atoms with Gasteiger partial charge in [0.05, 0.1) is 24.6 Å². The van der Waals surface area contributed by atoms with Crippen molar-refractivity contribution in [2.75, 3.05) is 19.8 Å². The Hall–Kier alpha value is -2.72. The largest absolute Gasteiger partial charge is 0.506 e. The molecule has 0 bridgehead atoms. The van der Waals surface area contributed by atoms with E-state index in [1.807, 2.05) is 0 Å². The van der Waals surface area contributed by atoms with Crippen LogP contribution in [0.15, 0.2) is 16.6 Å². The highest BCUT2D eigenvalue weighted by Crippen LogP contribution is 2.39. The van der Waals surface area contributed by atoms with Crippen LogP contribution in [0.4, 0.5) is 10.1 Å². The third-order valence-corrected chi connectivity index (χ3v) is 4.03. The van der Waals surface area contributed by atoms with Crippen LogP contribution in [0.1, 0.15) is 25.8 Å². The first kappa shape index (κ1) is 24.3. The van der Waals surface area contributed by atoms with Crippen molar-refractivity contribution >= 4 is 52.8 Å². The minimum Gasteiger partial charge on any atom is -0.506 e. The predicted octanol–water partition coefficient (Wildman–Crippen LogP) is 3.90. The number of aliphatic hydroxyl groups is 1. The highest BCUT2D eigenvalue weighted by atomic mass is 35.5. The van der Waals surface area contributed by atoms with E-state index < -0.39 is 55.3 Å². The molecule has 1 N–H and O–H groups in total. The second-order valence-electron chi connectivity index (χ2n) is 5.21. The lowest BCUT2D eigenvalue weighted by Crippen LogP contribution is -2.12. The minimum atomic E-state index is -1.23. The second-order valence-corrected chi connectivity index (χ2v) is 5.97. The van der Waals surface area contributed by atoms with Gasteiger partial charge in [-0.25, -0.2) is 9.18 Å². The van der Waals surface area contributed by atoms with E-state index in [9.17, 15) is 29.2 Å². The van der Waals surface area contributed by atoms with Crippen LogP contribution in [-0.4, -0.2) is 47.9 Å². The zero-order valence-electron chi connectivity index (χ0n) is 15.4. The number of esters is 2. The van der Waals surface area contributed by atoms with Crippen LogP contribution in [-0.2, 0) is 19.1 Å². The molecule has 0 radical (unpaired) electrons. The van der Waals surface area contributed by atoms with E-state index in [2.05, 4.69) is 4.99 Å². The van der Waals surface area contributed by atoms with Crippen molar-refractivity contribution in [3.63, 3.8) is 0 Å². The van der Waals surface area contributed by atoms with Gasteiger partial charge in [-0.15, -0.1) is 0 Å². The van der Waals surface area contributed by atoms with Crippen LogP contribution < -0.4 is 0 Å². The quantitative estimate of drug-likeness (QED) is 0.115. The molecular formula is C17H17Cl2FN2O7. The number of aliphatic hydroxyl groups excluding tert-OH is 1. The summed E-state index contributed by atoms with van der Waals surface area (Å²) in [7, 11) is 0. The van der Waals surface area contributed by atoms with Gasteiger partial charge in [-0.05, 0) is 19.9 Å². The van der Waals surface area contributed by atoms with Gasteiger partial charge in [0.1, 0.15) is 22.2 Å². The monoisotopic (exact) mass is 450 g/mol. The van der Waals surface area contributed by atoms with Crippen LogP contribution in [0.2, 0.25) is 10.0 Å². The maximum absolute atomic E-state index is 14.0. The molecule has 0 heterocycles. The summed E-state index contributed by atoms with van der Waals surface area (Å²) in [5, 5.41) is 20.0. The Labute approximate surface area is 174 Å². The smallest absolute Gasteiger partial charge is 0.343 e. The lowest BCUT2D eigenvalue weighted by molar-refractivity contribution is -0.384. The van der Waals surface area contributed by atoms with E-state index in [0.717, 1.165) is 6.21 Å². The number of aliphatic imine (C=N–C) groups is 1. The zero-order chi connectivity index (χ0) is 22.1. The predicted molar refractivity (Wildman–Crippen MR) is 104 cm³/mol. The van der Waals surface area contributed by atoms with Crippen LogP contribution in [0.25, 0.3) is 5.76 Å². The molecule has 0 saturated carbocycles. The summed E-state index contributed by atoms with van der Waals surface area (Å²) >= 11 is 11.5. The van der Waals surface area contributed by atoms with Crippen molar-refractivity contribution < 1.29 is 33.5 Å². The number of nitrogens with zero attached hydrogens (tertiary/aromatic N) is 2. The molecule has 0 aliphatic heterocycles. The van der Waals surface area contributed by atoms with Crippen LogP contribution in [0, 0.1) is 15.9 Å². The summed E-state index contributed by atoms with van der Waals surface area (Å²) in [4.78, 5) is 37.4. The van der Waals surface area contributed by atoms with Crippen LogP contribution in [0.3, 0.4) is 0 Å². The third kappa shape index (κ3) is 6.40. The highest BCUT2D eigenvalue weighted by Gasteiger charge is 2.28. The standard InChI is InChI=1S/C17H17Cl2FN2O7/c1-3-28-12(23)5-6-21-8-10(17(25)29-4-2)16(24)9-7-11(20)14(19)15(13(9)18)22(26)27/h7-8,24H,3-6H2,1-2H3/b16-10-,21-8?. The van der Waals surface area contributed by atoms with Gasteiger partial charge in [-0.1, -0.05) is 23.2 Å². The molecule has 29 heavy (non-hydrogen) atoms. The number of carbonyl (C=O) groups is 2. The van der Waals surface area contributed by atoms with Gasteiger partial charge in [0.25, 0.3) is 0 Å². The summed E-state index contributed by atoms with van der Waals surface area (Å²) in [6.45, 7) is 3.18. The Morgan fingerprint density at radius 2 is 1.90 bits per heavy atom.